The minimum Gasteiger partial charge on any atom is -0.379 e. The van der Waals surface area contributed by atoms with E-state index in [1.807, 2.05) is 7.05 Å². The third-order valence-electron chi connectivity index (χ3n) is 2.47. The van der Waals surface area contributed by atoms with Crippen molar-refractivity contribution in [1.82, 2.24) is 15.0 Å². The highest BCUT2D eigenvalue weighted by atomic mass is 32.2. The van der Waals surface area contributed by atoms with E-state index in [4.69, 9.17) is 0 Å². The maximum Gasteiger partial charge on any atom is 0.229 e. The largest absolute Gasteiger partial charge is 0.379 e. The van der Waals surface area contributed by atoms with Crippen LogP contribution in [0.15, 0.2) is 30.5 Å². The van der Waals surface area contributed by atoms with Gasteiger partial charge in [0.2, 0.25) is 10.0 Å². The second kappa shape index (κ2) is 5.27. The molecule has 19 heavy (non-hydrogen) atoms. The number of aryl methyl sites for hydroxylation is 1. The van der Waals surface area contributed by atoms with Gasteiger partial charge in [0.05, 0.1) is 24.7 Å². The molecule has 1 aromatic carbocycles. The van der Waals surface area contributed by atoms with Gasteiger partial charge in [-0.15, -0.1) is 5.10 Å². The molecule has 0 radical (unpaired) electrons. The number of anilines is 2. The van der Waals surface area contributed by atoms with Crippen molar-refractivity contribution in [2.24, 2.45) is 7.05 Å². The predicted octanol–water partition coefficient (Wildman–Crippen LogP) is 0.799. The van der Waals surface area contributed by atoms with Crippen molar-refractivity contribution in [2.75, 3.05) is 16.3 Å². The maximum atomic E-state index is 11.1. The number of nitrogens with one attached hydrogen (secondary N) is 2. The molecule has 0 atom stereocenters. The molecule has 0 bridgehead atoms. The van der Waals surface area contributed by atoms with Gasteiger partial charge in [0.1, 0.15) is 0 Å². The van der Waals surface area contributed by atoms with Gasteiger partial charge in [-0.3, -0.25) is 9.40 Å². The molecule has 0 aliphatic rings. The number of nitrogens with zero attached hydrogens (tertiary/aromatic N) is 3. The van der Waals surface area contributed by atoms with Crippen molar-refractivity contribution in [2.45, 2.75) is 6.54 Å². The van der Waals surface area contributed by atoms with E-state index < -0.39 is 10.0 Å². The van der Waals surface area contributed by atoms with Crippen LogP contribution in [0.2, 0.25) is 0 Å². The maximum absolute atomic E-state index is 11.1. The van der Waals surface area contributed by atoms with Gasteiger partial charge in [-0.2, -0.15) is 0 Å². The molecule has 1 aromatic heterocycles. The van der Waals surface area contributed by atoms with E-state index >= 15 is 0 Å². The number of rotatable bonds is 5. The highest BCUT2D eigenvalue weighted by Crippen LogP contribution is 2.15. The minimum atomic E-state index is -3.23. The summed E-state index contributed by atoms with van der Waals surface area (Å²) in [7, 11) is -1.41. The Morgan fingerprint density at radius 2 is 1.84 bits per heavy atom. The average molecular weight is 281 g/mol. The molecule has 0 unspecified atom stereocenters. The summed E-state index contributed by atoms with van der Waals surface area (Å²) in [5.41, 5.74) is 2.38. The van der Waals surface area contributed by atoms with Crippen LogP contribution < -0.4 is 10.0 Å². The summed E-state index contributed by atoms with van der Waals surface area (Å²) < 4.78 is 26.2. The molecule has 0 amide bonds. The van der Waals surface area contributed by atoms with Gasteiger partial charge in [0.15, 0.2) is 0 Å². The molecule has 0 saturated carbocycles. The first-order chi connectivity index (χ1) is 8.94. The summed E-state index contributed by atoms with van der Waals surface area (Å²) >= 11 is 0. The van der Waals surface area contributed by atoms with Gasteiger partial charge >= 0.3 is 0 Å². The molecule has 7 nitrogen and oxygen atoms in total. The molecule has 102 valence electrons. The Hall–Kier alpha value is -2.09. The van der Waals surface area contributed by atoms with Crippen molar-refractivity contribution in [3.05, 3.63) is 36.2 Å². The number of benzene rings is 1. The second-order valence-corrected chi connectivity index (χ2v) is 5.90. The average Bonchev–Trinajstić information content (AvgIpc) is 2.72. The Balaban J connectivity index is 1.97. The zero-order chi connectivity index (χ0) is 13.9. The van der Waals surface area contributed by atoms with Crippen LogP contribution in [-0.4, -0.2) is 29.7 Å². The van der Waals surface area contributed by atoms with Crippen LogP contribution in [0.3, 0.4) is 0 Å². The molecule has 0 fully saturated rings. The van der Waals surface area contributed by atoms with E-state index in [-0.39, 0.29) is 0 Å². The molecular formula is C11H15N5O2S. The van der Waals surface area contributed by atoms with Gasteiger partial charge in [0.25, 0.3) is 0 Å². The summed E-state index contributed by atoms with van der Waals surface area (Å²) in [5, 5.41) is 10.8. The molecule has 0 aliphatic carbocycles. The summed E-state index contributed by atoms with van der Waals surface area (Å²) in [5.74, 6) is 0. The number of sulfonamides is 1. The van der Waals surface area contributed by atoms with Crippen molar-refractivity contribution in [1.29, 1.82) is 0 Å². The van der Waals surface area contributed by atoms with Gasteiger partial charge in [-0.05, 0) is 24.3 Å². The topological polar surface area (TPSA) is 88.9 Å². The Kier molecular flexibility index (Phi) is 3.70. The smallest absolute Gasteiger partial charge is 0.229 e. The van der Waals surface area contributed by atoms with Gasteiger partial charge in [0, 0.05) is 18.4 Å². The fourth-order valence-corrected chi connectivity index (χ4v) is 2.10. The van der Waals surface area contributed by atoms with E-state index in [1.165, 1.54) is 0 Å². The first kappa shape index (κ1) is 13.3. The van der Waals surface area contributed by atoms with Gasteiger partial charge in [-0.25, -0.2) is 8.42 Å². The van der Waals surface area contributed by atoms with Crippen LogP contribution in [0, 0.1) is 0 Å². The van der Waals surface area contributed by atoms with Gasteiger partial charge < -0.3 is 5.32 Å². The highest BCUT2D eigenvalue weighted by molar-refractivity contribution is 7.92. The number of aromatic nitrogens is 3. The lowest BCUT2D eigenvalue weighted by Crippen LogP contribution is -2.09. The molecule has 1 heterocycles. The molecule has 8 heteroatoms. The van der Waals surface area contributed by atoms with Crippen molar-refractivity contribution < 1.29 is 8.42 Å². The van der Waals surface area contributed by atoms with Crippen LogP contribution in [0.4, 0.5) is 11.4 Å². The fraction of sp³-hybridized carbons (Fsp3) is 0.273. The Labute approximate surface area is 111 Å². The number of hydrogen-bond acceptors (Lipinski definition) is 5. The Bertz CT molecular complexity index is 648. The quantitative estimate of drug-likeness (QED) is 0.846. The third-order valence-corrected chi connectivity index (χ3v) is 3.08. The minimum absolute atomic E-state index is 0.537. The molecule has 2 rings (SSSR count). The second-order valence-electron chi connectivity index (χ2n) is 4.15. The van der Waals surface area contributed by atoms with Gasteiger partial charge in [-0.1, -0.05) is 5.21 Å². The third kappa shape index (κ3) is 3.95. The molecule has 2 aromatic rings. The fourth-order valence-electron chi connectivity index (χ4n) is 1.53. The van der Waals surface area contributed by atoms with E-state index in [0.29, 0.717) is 12.2 Å². The highest BCUT2D eigenvalue weighted by Gasteiger charge is 2.02. The Morgan fingerprint density at radius 1 is 1.21 bits per heavy atom. The van der Waals surface area contributed by atoms with Crippen molar-refractivity contribution >= 4 is 21.4 Å². The molecule has 2 N–H and O–H groups in total. The summed E-state index contributed by atoms with van der Waals surface area (Å²) in [4.78, 5) is 0. The summed E-state index contributed by atoms with van der Waals surface area (Å²) in [6.45, 7) is 0.600. The standard InChI is InChI=1S/C11H15N5O2S/c1-16-11(8-13-15-16)7-12-9-3-5-10(6-4-9)14-19(2,17)18/h3-6,8,12,14H,7H2,1-2H3. The molecule has 0 aliphatic heterocycles. The Morgan fingerprint density at radius 3 is 2.37 bits per heavy atom. The van der Waals surface area contributed by atoms with Crippen molar-refractivity contribution in [3.63, 3.8) is 0 Å². The van der Waals surface area contributed by atoms with E-state index in [2.05, 4.69) is 20.4 Å². The predicted molar refractivity (Wildman–Crippen MR) is 73.2 cm³/mol. The molecule has 0 spiro atoms. The molecule has 0 saturated heterocycles. The lowest BCUT2D eigenvalue weighted by Gasteiger charge is -2.08. The molecular weight excluding hydrogens is 266 g/mol. The van der Waals surface area contributed by atoms with Crippen LogP contribution in [0.1, 0.15) is 5.69 Å². The van der Waals surface area contributed by atoms with Crippen LogP contribution >= 0.6 is 0 Å². The van der Waals surface area contributed by atoms with Crippen LogP contribution in [0.5, 0.6) is 0 Å². The zero-order valence-corrected chi connectivity index (χ0v) is 11.5. The van der Waals surface area contributed by atoms with Crippen molar-refractivity contribution in [3.8, 4) is 0 Å². The van der Waals surface area contributed by atoms with Crippen LogP contribution in [0.25, 0.3) is 0 Å². The SMILES string of the molecule is Cn1nncc1CNc1ccc(NS(C)(=O)=O)cc1. The lowest BCUT2D eigenvalue weighted by molar-refractivity contribution is 0.607. The first-order valence-corrected chi connectivity index (χ1v) is 7.48. The van der Waals surface area contributed by atoms with E-state index in [1.54, 1.807) is 35.1 Å². The van der Waals surface area contributed by atoms with E-state index in [9.17, 15) is 8.42 Å². The van der Waals surface area contributed by atoms with Crippen LogP contribution in [-0.2, 0) is 23.6 Å². The first-order valence-electron chi connectivity index (χ1n) is 5.59. The summed E-state index contributed by atoms with van der Waals surface area (Å²) in [6, 6.07) is 7.00. The summed E-state index contributed by atoms with van der Waals surface area (Å²) in [6.07, 6.45) is 2.81. The number of hydrogen-bond donors (Lipinski definition) is 2. The monoisotopic (exact) mass is 281 g/mol. The lowest BCUT2D eigenvalue weighted by atomic mass is 10.3. The zero-order valence-electron chi connectivity index (χ0n) is 10.7. The van der Waals surface area contributed by atoms with E-state index in [0.717, 1.165) is 17.6 Å². The normalized spacial score (nSPS) is 11.3.